The van der Waals surface area contributed by atoms with E-state index in [-0.39, 0.29) is 34.9 Å². The van der Waals surface area contributed by atoms with E-state index < -0.39 is 0 Å². The normalized spacial score (nSPS) is 16.7. The molecule has 9 aliphatic rings. The summed E-state index contributed by atoms with van der Waals surface area (Å²) in [6.45, 7) is 23.5. The lowest BCUT2D eigenvalue weighted by Gasteiger charge is -2.29. The molecule has 23 nitrogen and oxygen atoms in total. The Bertz CT molecular complexity index is 6190. The second-order valence-electron chi connectivity index (χ2n) is 33.3. The van der Waals surface area contributed by atoms with Gasteiger partial charge in [0.1, 0.15) is 0 Å². The molecule has 686 valence electrons. The van der Waals surface area contributed by atoms with Crippen LogP contribution in [-0.4, -0.2) is 198 Å². The summed E-state index contributed by atoms with van der Waals surface area (Å²) >= 11 is 17.6. The number of nitrogens with one attached hydrogen (secondary N) is 7. The maximum atomic E-state index is 12.6. The number of nitrogens with two attached hydrogens (primary N) is 1. The van der Waals surface area contributed by atoms with Crippen molar-refractivity contribution in [2.75, 3.05) is 191 Å². The number of benzene rings is 8. The van der Waals surface area contributed by atoms with Crippen LogP contribution >= 0.6 is 110 Å². The van der Waals surface area contributed by atoms with E-state index in [1.54, 1.807) is 118 Å². The first-order valence-corrected chi connectivity index (χ1v) is 52.5. The highest BCUT2D eigenvalue weighted by Gasteiger charge is 2.30. The van der Waals surface area contributed by atoms with Crippen LogP contribution in [0.25, 0.3) is 45.0 Å². The zero-order chi connectivity index (χ0) is 90.6. The summed E-state index contributed by atoms with van der Waals surface area (Å²) in [6, 6.07) is 67.0. The average molecular weight is 1990 g/mol. The first-order chi connectivity index (χ1) is 64.5. The predicted molar refractivity (Wildman–Crippen MR) is 547 cm³/mol. The molecule has 12 aromatic rings. The topological polar surface area (TPSA) is 276 Å². The molecule has 5 saturated heterocycles. The molecule has 3 unspecified atom stereocenters. The van der Waals surface area contributed by atoms with Gasteiger partial charge in [-0.3, -0.25) is 24.1 Å². The molecule has 0 spiro atoms. The number of rotatable bonds is 21. The van der Waals surface area contributed by atoms with Gasteiger partial charge in [0.05, 0.1) is 88.8 Å². The largest absolute Gasteiger partial charge is 0.399 e. The number of morpholine rings is 5. The van der Waals surface area contributed by atoms with Crippen LogP contribution < -0.4 is 63.5 Å². The number of hydrogen-bond acceptors (Lipinski definition) is 27. The Morgan fingerprint density at radius 1 is 0.333 bits per heavy atom. The number of alkyl halides is 1. The summed E-state index contributed by atoms with van der Waals surface area (Å²) in [4.78, 5) is 92.9. The Morgan fingerprint density at radius 2 is 0.614 bits per heavy atom. The Balaban J connectivity index is 0.000000119. The van der Waals surface area contributed by atoms with Crippen LogP contribution in [0.1, 0.15) is 40.0 Å². The monoisotopic (exact) mass is 1980 g/mol. The van der Waals surface area contributed by atoms with Gasteiger partial charge in [-0.05, 0) is 161 Å². The third kappa shape index (κ3) is 23.2. The Hall–Kier alpha value is -9.04. The number of aromatic nitrogens is 4. The van der Waals surface area contributed by atoms with E-state index in [4.69, 9.17) is 34.5 Å². The Kier molecular flexibility index (Phi) is 31.3. The van der Waals surface area contributed by atoms with Crippen LogP contribution in [0.5, 0.6) is 0 Å². The molecule has 5 fully saturated rings. The fourth-order valence-electron chi connectivity index (χ4n) is 16.9. The number of anilines is 8. The maximum absolute atomic E-state index is 12.6. The van der Waals surface area contributed by atoms with E-state index in [1.165, 1.54) is 78.3 Å². The first kappa shape index (κ1) is 93.4. The number of nitrogens with zero attached hydrogens (tertiary/aromatic N) is 5. The number of halogens is 1. The van der Waals surface area contributed by atoms with Crippen LogP contribution in [0.3, 0.4) is 0 Å². The van der Waals surface area contributed by atoms with Crippen molar-refractivity contribution in [3.63, 3.8) is 0 Å². The van der Waals surface area contributed by atoms with Crippen molar-refractivity contribution in [1.29, 1.82) is 0 Å². The summed E-state index contributed by atoms with van der Waals surface area (Å²) in [6.07, 6.45) is 2.90. The van der Waals surface area contributed by atoms with Gasteiger partial charge in [0.25, 0.3) is 0 Å². The van der Waals surface area contributed by atoms with Gasteiger partial charge in [-0.1, -0.05) is 159 Å². The minimum Gasteiger partial charge on any atom is -0.399 e. The number of aliphatic hydroxyl groups excluding tert-OH is 1. The highest BCUT2D eigenvalue weighted by atomic mass is 79.9. The maximum Gasteiger partial charge on any atom is 0.250 e. The van der Waals surface area contributed by atoms with E-state index in [1.807, 2.05) is 18.2 Å². The van der Waals surface area contributed by atoms with Gasteiger partial charge in [0.15, 0.2) is 0 Å². The predicted octanol–water partition coefficient (Wildman–Crippen LogP) is 19.9. The lowest BCUT2D eigenvalue weighted by molar-refractivity contribution is 0.0370. The number of aromatic amines is 4. The van der Waals surface area contributed by atoms with Gasteiger partial charge < -0.3 is 90.0 Å². The Labute approximate surface area is 810 Å². The van der Waals surface area contributed by atoms with E-state index in [0.717, 1.165) is 194 Å². The van der Waals surface area contributed by atoms with Crippen molar-refractivity contribution >= 4 is 156 Å². The zero-order valence-corrected chi connectivity index (χ0v) is 81.8. The fraction of sp³-hybridized carbons (Fsp3) is 0.320. The summed E-state index contributed by atoms with van der Waals surface area (Å²) in [5, 5.41) is 20.9. The van der Waals surface area contributed by atoms with Gasteiger partial charge in [-0.15, -0.1) is 0 Å². The molecule has 9 aliphatic heterocycles. The van der Waals surface area contributed by atoms with E-state index in [9.17, 15) is 19.2 Å². The van der Waals surface area contributed by atoms with E-state index in [2.05, 4.69) is 249 Å². The number of nitrogen functional groups attached to an aromatic ring is 1. The first-order valence-electron chi connectivity index (χ1n) is 44.8. The standard InChI is InChI=1S/C29H34N4O3S2.C25H26BrN3O2S2.C25H27N3O3S2.C21H19N3O2S2/c1-20(7-8-32-9-13-35-14-10-32)30-21-5-6-25-27(17-21)37-26-4-2-3-23(29(26)38-25)24-18-22(19-28(34)31-24)33-11-15-36-16-12-33;1-16(7-8-26)27-17-5-6-21-23(13-17)32-22-4-2-3-19(25(22)33-21)20-14-18(15-24(30)28-20)29-9-11-31-12-10-29;1-16(7-10-29)26-17-5-6-21-23(13-17)32-22-4-2-3-19(25(22)33-21)20-14-18(15-24(30)27-20)28-8-11-31-12-9-28;22-13-4-5-17-19(10-13)27-18-3-1-2-15(21(18)28-17)16-11-14(12-20(25)23-16)24-6-8-26-9-7-24/h2-6,17-20,30H,7-16H2,1H3,(H,31,34);2-6,13-16,27H,7-12H2,1H3,(H,28,30);2-6,13-16,26,29H,7-12H2,1H3,(H,27,30);1-5,10-12H,6-9,22H2,(H,23,25). The minimum atomic E-state index is -0.0897. The SMILES string of the molecule is CC(CCBr)Nc1ccc2c(c1)Sc1cccc(-c3cc(N4CCOCC4)cc(=O)[nH]3)c1S2.CC(CCN1CCOCC1)Nc1ccc2c(c1)Sc1cccc(-c3cc(N4CCOCC4)cc(=O)[nH]3)c1S2.CC(CCO)Nc1ccc2c(c1)Sc1cccc(-c3cc(N4CCOCC4)cc(=O)[nH]3)c1S2.Nc1ccc2c(c1)Sc1cccc(-c3cc(N4CCOCC4)cc(=O)[nH]3)c1S2. The van der Waals surface area contributed by atoms with Crippen LogP contribution in [-0.2, 0) is 23.7 Å². The smallest absolute Gasteiger partial charge is 0.250 e. The Morgan fingerprint density at radius 3 is 0.917 bits per heavy atom. The van der Waals surface area contributed by atoms with Gasteiger partial charge in [0, 0.05) is 272 Å². The van der Waals surface area contributed by atoms with Crippen molar-refractivity contribution in [3.05, 3.63) is 236 Å². The van der Waals surface area contributed by atoms with Crippen molar-refractivity contribution < 1.29 is 28.8 Å². The van der Waals surface area contributed by atoms with E-state index >= 15 is 0 Å². The lowest BCUT2D eigenvalue weighted by atomic mass is 10.1. The van der Waals surface area contributed by atoms with Gasteiger partial charge >= 0.3 is 0 Å². The molecule has 10 N–H and O–H groups in total. The fourth-order valence-corrected chi connectivity index (χ4v) is 27.2. The highest BCUT2D eigenvalue weighted by molar-refractivity contribution is 9.09. The van der Waals surface area contributed by atoms with Gasteiger partial charge in [-0.25, -0.2) is 0 Å². The molecule has 0 amide bonds. The van der Waals surface area contributed by atoms with Crippen molar-refractivity contribution in [3.8, 4) is 45.0 Å². The number of aliphatic hydroxyl groups is 1. The number of fused-ring (bicyclic) bond motifs is 8. The molecule has 3 atom stereocenters. The molecule has 8 aromatic carbocycles. The molecule has 21 rings (SSSR count). The molecular formula is C100H106BrN13O10S8. The number of ether oxygens (including phenoxy) is 5. The van der Waals surface area contributed by atoms with Crippen LogP contribution in [0.4, 0.5) is 45.5 Å². The molecule has 0 bridgehead atoms. The quantitative estimate of drug-likeness (QED) is 0.0239. The second-order valence-corrected chi connectivity index (χ2v) is 42.6. The van der Waals surface area contributed by atoms with Gasteiger partial charge in [0.2, 0.25) is 22.2 Å². The molecular weight excluding hydrogens is 1880 g/mol. The third-order valence-corrected chi connectivity index (χ3v) is 34.6. The summed E-state index contributed by atoms with van der Waals surface area (Å²) in [5.41, 5.74) is 21.2. The third-order valence-electron chi connectivity index (χ3n) is 23.7. The minimum absolute atomic E-state index is 0.0751. The lowest BCUT2D eigenvalue weighted by Crippen LogP contribution is -2.38. The van der Waals surface area contributed by atoms with Crippen LogP contribution in [0.2, 0.25) is 0 Å². The van der Waals surface area contributed by atoms with Gasteiger partial charge in [-0.2, -0.15) is 0 Å². The number of H-pyrrole nitrogens is 4. The zero-order valence-electron chi connectivity index (χ0n) is 73.7. The molecule has 0 radical (unpaired) electrons. The molecule has 32 heteroatoms. The summed E-state index contributed by atoms with van der Waals surface area (Å²) < 4.78 is 27.3. The van der Waals surface area contributed by atoms with Crippen molar-refractivity contribution in [2.45, 2.75) is 136 Å². The molecule has 132 heavy (non-hydrogen) atoms. The molecule has 0 aliphatic carbocycles. The molecule has 13 heterocycles. The second kappa shape index (κ2) is 44.2. The van der Waals surface area contributed by atoms with Crippen LogP contribution in [0, 0.1) is 0 Å². The number of pyridine rings is 4. The van der Waals surface area contributed by atoms with Crippen molar-refractivity contribution in [1.82, 2.24) is 24.8 Å². The number of hydrogen-bond donors (Lipinski definition) is 9. The summed E-state index contributed by atoms with van der Waals surface area (Å²) in [7, 11) is 0. The van der Waals surface area contributed by atoms with E-state index in [0.29, 0.717) is 71.4 Å². The highest BCUT2D eigenvalue weighted by Crippen LogP contribution is 2.57. The van der Waals surface area contributed by atoms with Crippen molar-refractivity contribution in [2.24, 2.45) is 0 Å². The molecule has 4 aromatic heterocycles. The average Bonchev–Trinajstić information content (AvgIpc) is 0.780. The summed E-state index contributed by atoms with van der Waals surface area (Å²) in [5.74, 6) is 0. The van der Waals surface area contributed by atoms with Crippen LogP contribution in [0.15, 0.2) is 292 Å². The molecule has 0 saturated carbocycles.